The molecule has 5 rings (SSSR count). The van der Waals surface area contributed by atoms with Gasteiger partial charge < -0.3 is 16.4 Å². The molecule has 3 aromatic rings. The summed E-state index contributed by atoms with van der Waals surface area (Å²) >= 11 is 0. The number of fused-ring (bicyclic) bond motifs is 2. The lowest BCUT2D eigenvalue weighted by Crippen LogP contribution is -2.23. The number of nitrogens with zero attached hydrogens (tertiary/aromatic N) is 3. The fourth-order valence-corrected chi connectivity index (χ4v) is 4.36. The number of rotatable bonds is 4. The molecule has 7 nitrogen and oxygen atoms in total. The van der Waals surface area contributed by atoms with Crippen LogP contribution < -0.4 is 16.4 Å². The minimum Gasteiger partial charge on any atom is -0.383 e. The van der Waals surface area contributed by atoms with E-state index in [0.29, 0.717) is 23.5 Å². The van der Waals surface area contributed by atoms with Gasteiger partial charge in [0.05, 0.1) is 5.69 Å². The van der Waals surface area contributed by atoms with Crippen LogP contribution >= 0.6 is 0 Å². The van der Waals surface area contributed by atoms with Gasteiger partial charge in [-0.1, -0.05) is 6.92 Å². The van der Waals surface area contributed by atoms with Gasteiger partial charge >= 0.3 is 0 Å². The van der Waals surface area contributed by atoms with Crippen molar-refractivity contribution in [3.63, 3.8) is 0 Å². The SMILES string of the molecule is CCc1ccncc1-c1cc2cc(NC(=O)C3C4CNCC43)ncc2c(N)n1. The number of piperidine rings is 1. The summed E-state index contributed by atoms with van der Waals surface area (Å²) in [4.78, 5) is 25.7. The Kier molecular flexibility index (Phi) is 3.98. The van der Waals surface area contributed by atoms with Crippen molar-refractivity contribution in [3.8, 4) is 11.3 Å². The molecule has 142 valence electrons. The van der Waals surface area contributed by atoms with Gasteiger partial charge in [-0.05, 0) is 60.5 Å². The lowest BCUT2D eigenvalue weighted by Gasteiger charge is -2.11. The first-order chi connectivity index (χ1) is 13.7. The van der Waals surface area contributed by atoms with Crippen molar-refractivity contribution in [2.45, 2.75) is 13.3 Å². The molecule has 1 aliphatic carbocycles. The first-order valence-electron chi connectivity index (χ1n) is 9.67. The maximum absolute atomic E-state index is 12.5. The summed E-state index contributed by atoms with van der Waals surface area (Å²) in [6.07, 6.45) is 6.16. The van der Waals surface area contributed by atoms with E-state index in [0.717, 1.165) is 47.1 Å². The van der Waals surface area contributed by atoms with Crippen molar-refractivity contribution >= 4 is 28.3 Å². The van der Waals surface area contributed by atoms with Crippen LogP contribution in [0.2, 0.25) is 0 Å². The van der Waals surface area contributed by atoms with Gasteiger partial charge in [0.1, 0.15) is 11.6 Å². The number of anilines is 2. The van der Waals surface area contributed by atoms with Gasteiger partial charge in [-0.25, -0.2) is 9.97 Å². The molecule has 1 saturated heterocycles. The van der Waals surface area contributed by atoms with Crippen LogP contribution in [0.4, 0.5) is 11.6 Å². The number of amides is 1. The first kappa shape index (κ1) is 17.1. The number of pyridine rings is 3. The number of nitrogens with two attached hydrogens (primary N) is 1. The molecule has 3 aromatic heterocycles. The van der Waals surface area contributed by atoms with Crippen LogP contribution in [0, 0.1) is 17.8 Å². The second-order valence-corrected chi connectivity index (χ2v) is 7.57. The zero-order chi connectivity index (χ0) is 19.3. The first-order valence-corrected chi connectivity index (χ1v) is 9.67. The molecule has 0 spiro atoms. The molecule has 2 fully saturated rings. The average molecular weight is 374 g/mol. The third kappa shape index (κ3) is 2.79. The number of aryl methyl sites for hydroxylation is 1. The van der Waals surface area contributed by atoms with E-state index in [1.807, 2.05) is 24.4 Å². The predicted molar refractivity (Wildman–Crippen MR) is 109 cm³/mol. The highest BCUT2D eigenvalue weighted by atomic mass is 16.2. The fourth-order valence-electron chi connectivity index (χ4n) is 4.36. The fraction of sp³-hybridized carbons (Fsp3) is 0.333. The summed E-state index contributed by atoms with van der Waals surface area (Å²) in [5, 5.41) is 7.96. The van der Waals surface area contributed by atoms with Crippen molar-refractivity contribution in [1.29, 1.82) is 0 Å². The standard InChI is InChI=1S/C21H22N6O/c1-2-11-3-4-23-7-13(11)17-5-12-6-18(25-10-14(12)20(22)26-17)27-21(28)19-15-8-24-9-16(15)19/h3-7,10,15-16,19,24H,2,8-9H2,1H3,(H2,22,26)(H,25,27,28). The summed E-state index contributed by atoms with van der Waals surface area (Å²) in [5.74, 6) is 2.10. The maximum atomic E-state index is 12.5. The van der Waals surface area contributed by atoms with E-state index in [4.69, 9.17) is 5.73 Å². The van der Waals surface area contributed by atoms with Crippen LogP contribution in [0.1, 0.15) is 12.5 Å². The second kappa shape index (κ2) is 6.53. The van der Waals surface area contributed by atoms with E-state index in [1.165, 1.54) is 0 Å². The molecular formula is C21H22N6O. The van der Waals surface area contributed by atoms with E-state index < -0.39 is 0 Å². The molecule has 4 N–H and O–H groups in total. The quantitative estimate of drug-likeness (QED) is 0.647. The van der Waals surface area contributed by atoms with Crippen LogP contribution in [0.15, 0.2) is 36.8 Å². The van der Waals surface area contributed by atoms with Gasteiger partial charge in [0.15, 0.2) is 0 Å². The highest BCUT2D eigenvalue weighted by molar-refractivity contribution is 5.98. The Morgan fingerprint density at radius 3 is 2.89 bits per heavy atom. The van der Waals surface area contributed by atoms with Crippen LogP contribution in [-0.2, 0) is 11.2 Å². The Labute approximate surface area is 162 Å². The highest BCUT2D eigenvalue weighted by Gasteiger charge is 2.56. The van der Waals surface area contributed by atoms with Crippen LogP contribution in [-0.4, -0.2) is 33.9 Å². The van der Waals surface area contributed by atoms with Crippen molar-refractivity contribution in [1.82, 2.24) is 20.3 Å². The molecule has 4 heterocycles. The van der Waals surface area contributed by atoms with Gasteiger partial charge in [-0.3, -0.25) is 9.78 Å². The van der Waals surface area contributed by atoms with Crippen molar-refractivity contribution in [2.24, 2.45) is 17.8 Å². The van der Waals surface area contributed by atoms with Crippen molar-refractivity contribution < 1.29 is 4.79 Å². The molecule has 0 bridgehead atoms. The zero-order valence-electron chi connectivity index (χ0n) is 15.6. The Balaban J connectivity index is 1.47. The zero-order valence-corrected chi connectivity index (χ0v) is 15.6. The summed E-state index contributed by atoms with van der Waals surface area (Å²) in [6, 6.07) is 5.85. The number of aromatic nitrogens is 3. The minimum atomic E-state index is 0.0612. The summed E-state index contributed by atoms with van der Waals surface area (Å²) in [6.45, 7) is 3.97. The molecule has 0 radical (unpaired) electrons. The van der Waals surface area contributed by atoms with E-state index in [2.05, 4.69) is 32.5 Å². The second-order valence-electron chi connectivity index (χ2n) is 7.57. The summed E-state index contributed by atoms with van der Waals surface area (Å²) in [7, 11) is 0. The molecule has 2 aliphatic rings. The van der Waals surface area contributed by atoms with E-state index in [1.54, 1.807) is 12.4 Å². The van der Waals surface area contributed by atoms with Gasteiger partial charge in [0.25, 0.3) is 0 Å². The Hall–Kier alpha value is -3.06. The topological polar surface area (TPSA) is 106 Å². The smallest absolute Gasteiger partial charge is 0.229 e. The van der Waals surface area contributed by atoms with Gasteiger partial charge in [0.2, 0.25) is 5.91 Å². The molecule has 1 saturated carbocycles. The molecule has 0 aromatic carbocycles. The Morgan fingerprint density at radius 1 is 1.29 bits per heavy atom. The molecular weight excluding hydrogens is 352 g/mol. The summed E-state index contributed by atoms with van der Waals surface area (Å²) in [5.41, 5.74) is 9.11. The van der Waals surface area contributed by atoms with Gasteiger partial charge in [-0.2, -0.15) is 0 Å². The third-order valence-electron chi connectivity index (χ3n) is 5.96. The molecule has 28 heavy (non-hydrogen) atoms. The number of hydrogen-bond acceptors (Lipinski definition) is 6. The number of nitrogen functional groups attached to an aromatic ring is 1. The molecule has 2 unspecified atom stereocenters. The minimum absolute atomic E-state index is 0.0612. The lowest BCUT2D eigenvalue weighted by molar-refractivity contribution is -0.118. The van der Waals surface area contributed by atoms with Gasteiger partial charge in [0, 0.05) is 35.5 Å². The van der Waals surface area contributed by atoms with Crippen LogP contribution in [0.25, 0.3) is 22.0 Å². The number of hydrogen-bond donors (Lipinski definition) is 3. The normalized spacial score (nSPS) is 22.8. The largest absolute Gasteiger partial charge is 0.383 e. The predicted octanol–water partition coefficient (Wildman–Crippen LogP) is 2.24. The Bertz CT molecular complexity index is 1070. The maximum Gasteiger partial charge on any atom is 0.229 e. The van der Waals surface area contributed by atoms with E-state index >= 15 is 0 Å². The molecule has 2 atom stereocenters. The van der Waals surface area contributed by atoms with Gasteiger partial charge in [-0.15, -0.1) is 0 Å². The molecule has 7 heteroatoms. The van der Waals surface area contributed by atoms with Crippen LogP contribution in [0.3, 0.4) is 0 Å². The van der Waals surface area contributed by atoms with Crippen molar-refractivity contribution in [3.05, 3.63) is 42.4 Å². The number of carbonyl (C=O) groups excluding carboxylic acids is 1. The monoisotopic (exact) mass is 374 g/mol. The van der Waals surface area contributed by atoms with Crippen molar-refractivity contribution in [2.75, 3.05) is 24.1 Å². The van der Waals surface area contributed by atoms with Crippen LogP contribution in [0.5, 0.6) is 0 Å². The third-order valence-corrected chi connectivity index (χ3v) is 5.96. The Morgan fingerprint density at radius 2 is 2.11 bits per heavy atom. The van der Waals surface area contributed by atoms with E-state index in [9.17, 15) is 4.79 Å². The lowest BCUT2D eigenvalue weighted by atomic mass is 10.0. The molecule has 1 amide bonds. The number of nitrogens with one attached hydrogen (secondary N) is 2. The van der Waals surface area contributed by atoms with E-state index in [-0.39, 0.29) is 11.8 Å². The number of carbonyl (C=O) groups is 1. The molecule has 1 aliphatic heterocycles. The highest BCUT2D eigenvalue weighted by Crippen LogP contribution is 2.49. The summed E-state index contributed by atoms with van der Waals surface area (Å²) < 4.78 is 0. The average Bonchev–Trinajstić information content (AvgIpc) is 3.20.